The topological polar surface area (TPSA) is 231 Å². The highest BCUT2D eigenvalue weighted by Gasteiger charge is 2.30. The molecule has 264 valence electrons. The van der Waals surface area contributed by atoms with Crippen molar-refractivity contribution in [2.24, 2.45) is 0 Å². The van der Waals surface area contributed by atoms with Gasteiger partial charge in [-0.1, -0.05) is 0 Å². The van der Waals surface area contributed by atoms with Crippen molar-refractivity contribution in [2.75, 3.05) is 7.05 Å². The molecule has 0 aliphatic heterocycles. The molecule has 0 aliphatic carbocycles. The summed E-state index contributed by atoms with van der Waals surface area (Å²) in [6.45, 7) is 7.87. The van der Waals surface area contributed by atoms with Crippen LogP contribution in [0.5, 0.6) is 0 Å². The van der Waals surface area contributed by atoms with E-state index in [9.17, 15) is 47.9 Å². The largest absolute Gasteiger partial charge is 0.351 e. The second-order valence-electron chi connectivity index (χ2n) is 12.0. The molecule has 47 heavy (non-hydrogen) atoms. The molecule has 0 aromatic heterocycles. The van der Waals surface area contributed by atoms with Gasteiger partial charge in [-0.3, -0.25) is 28.8 Å². The molecule has 0 radical (unpaired) electrons. The molecular formula is C32H51N5O10. The average molecular weight is 666 g/mol. The maximum Gasteiger partial charge on any atom is 0.243 e. The van der Waals surface area contributed by atoms with Crippen LogP contribution in [0, 0.1) is 0 Å². The molecule has 0 aliphatic rings. The first-order valence-electron chi connectivity index (χ1n) is 15.7. The van der Waals surface area contributed by atoms with Crippen molar-refractivity contribution in [3.8, 4) is 0 Å². The lowest BCUT2D eigenvalue weighted by molar-refractivity contribution is -0.133. The summed E-state index contributed by atoms with van der Waals surface area (Å²) < 4.78 is 0. The molecule has 0 rings (SSSR count). The maximum atomic E-state index is 13.3. The summed E-state index contributed by atoms with van der Waals surface area (Å²) in [5.41, 5.74) is 0. The lowest BCUT2D eigenvalue weighted by atomic mass is 10.0. The first-order chi connectivity index (χ1) is 21.9. The molecule has 15 heteroatoms. The molecule has 5 N–H and O–H groups in total. The predicted octanol–water partition coefficient (Wildman–Crippen LogP) is -0.0514. The second-order valence-corrected chi connectivity index (χ2v) is 12.0. The third kappa shape index (κ3) is 19.9. The number of hydrogen-bond acceptors (Lipinski definition) is 11. The Labute approximate surface area is 275 Å². The van der Waals surface area contributed by atoms with E-state index in [4.69, 9.17) is 0 Å². The highest BCUT2D eigenvalue weighted by molar-refractivity contribution is 5.94. The molecule has 0 heterocycles. The van der Waals surface area contributed by atoms with E-state index in [0.29, 0.717) is 0 Å². The minimum absolute atomic E-state index is 0.0450. The van der Waals surface area contributed by atoms with Crippen LogP contribution in [0.25, 0.3) is 0 Å². The van der Waals surface area contributed by atoms with E-state index in [0.717, 1.165) is 0 Å². The van der Waals surface area contributed by atoms with Crippen molar-refractivity contribution in [2.45, 2.75) is 136 Å². The molecular weight excluding hydrogens is 614 g/mol. The van der Waals surface area contributed by atoms with Crippen LogP contribution in [-0.4, -0.2) is 95.6 Å². The van der Waals surface area contributed by atoms with E-state index >= 15 is 0 Å². The third-order valence-corrected chi connectivity index (χ3v) is 7.21. The van der Waals surface area contributed by atoms with Crippen LogP contribution in [0.4, 0.5) is 0 Å². The highest BCUT2D eigenvalue weighted by Crippen LogP contribution is 2.09. The van der Waals surface area contributed by atoms with Gasteiger partial charge in [0, 0.05) is 44.6 Å². The Kier molecular flexibility index (Phi) is 20.4. The van der Waals surface area contributed by atoms with E-state index in [1.807, 2.05) is 0 Å². The van der Waals surface area contributed by atoms with Gasteiger partial charge in [-0.05, 0) is 74.3 Å². The Morgan fingerprint density at radius 2 is 0.787 bits per heavy atom. The van der Waals surface area contributed by atoms with Gasteiger partial charge in [0.05, 0.1) is 12.1 Å². The summed E-state index contributed by atoms with van der Waals surface area (Å²) in [5, 5.41) is 13.0. The standard InChI is InChI=1S/C32H51N5O10/c1-18(38)8-12-25(23(6)43)36-32(47)27(14-10-20(3)40)35-29(44)17-24(16-22(5)42)34-31(46)28(15-11-21(4)41)37-30(45)26(33-7)13-9-19(2)39/h24-28,33H,8-17H2,1-7H3,(H,34,46)(H,35,44)(H,36,47)(H,37,45). The number of Topliss-reactive ketones (excluding diaryl/α,β-unsaturated/α-hetero) is 6. The molecule has 0 aromatic carbocycles. The Balaban J connectivity index is 5.88. The van der Waals surface area contributed by atoms with Crippen LogP contribution in [-0.2, 0) is 47.9 Å². The third-order valence-electron chi connectivity index (χ3n) is 7.21. The summed E-state index contributed by atoms with van der Waals surface area (Å²) >= 11 is 0. The normalized spacial score (nSPS) is 13.9. The zero-order chi connectivity index (χ0) is 36.3. The van der Waals surface area contributed by atoms with E-state index in [1.165, 1.54) is 48.6 Å². The summed E-state index contributed by atoms with van der Waals surface area (Å²) in [7, 11) is 1.52. The van der Waals surface area contributed by atoms with E-state index in [2.05, 4.69) is 26.6 Å². The minimum Gasteiger partial charge on any atom is -0.351 e. The molecule has 5 unspecified atom stereocenters. The van der Waals surface area contributed by atoms with Gasteiger partial charge in [0.15, 0.2) is 5.78 Å². The van der Waals surface area contributed by atoms with Crippen molar-refractivity contribution < 1.29 is 47.9 Å². The first-order valence-corrected chi connectivity index (χ1v) is 15.7. The van der Waals surface area contributed by atoms with Crippen LogP contribution in [0.2, 0.25) is 0 Å². The molecule has 0 saturated carbocycles. The van der Waals surface area contributed by atoms with Gasteiger partial charge >= 0.3 is 0 Å². The second kappa shape index (κ2) is 22.4. The Morgan fingerprint density at radius 1 is 0.426 bits per heavy atom. The molecule has 5 atom stereocenters. The maximum absolute atomic E-state index is 13.3. The van der Waals surface area contributed by atoms with Gasteiger partial charge in [-0.25, -0.2) is 0 Å². The minimum atomic E-state index is -1.24. The Bertz CT molecular complexity index is 1180. The molecule has 0 aromatic rings. The Morgan fingerprint density at radius 3 is 1.19 bits per heavy atom. The fourth-order valence-corrected chi connectivity index (χ4v) is 4.56. The lowest BCUT2D eigenvalue weighted by Gasteiger charge is -2.25. The van der Waals surface area contributed by atoms with Gasteiger partial charge in [0.25, 0.3) is 0 Å². The number of carbonyl (C=O) groups excluding carboxylic acids is 10. The zero-order valence-electron chi connectivity index (χ0n) is 28.5. The van der Waals surface area contributed by atoms with E-state index < -0.39 is 66.0 Å². The summed E-state index contributed by atoms with van der Waals surface area (Å²) in [5.74, 6) is -4.37. The van der Waals surface area contributed by atoms with Crippen molar-refractivity contribution in [1.29, 1.82) is 0 Å². The Hall–Kier alpha value is -4.14. The fraction of sp³-hybridized carbons (Fsp3) is 0.688. The summed E-state index contributed by atoms with van der Waals surface area (Å²) in [6.07, 6.45) is -0.602. The lowest BCUT2D eigenvalue weighted by Crippen LogP contribution is -2.55. The van der Waals surface area contributed by atoms with Gasteiger partial charge < -0.3 is 45.8 Å². The number of hydrogen-bond donors (Lipinski definition) is 5. The quantitative estimate of drug-likeness (QED) is 0.0868. The number of rotatable bonds is 25. The monoisotopic (exact) mass is 665 g/mol. The number of nitrogens with one attached hydrogen (secondary N) is 5. The van der Waals surface area contributed by atoms with Gasteiger partial charge in [0.1, 0.15) is 41.0 Å². The number of amides is 4. The van der Waals surface area contributed by atoms with Crippen LogP contribution in [0.3, 0.4) is 0 Å². The number of carbonyl (C=O) groups is 10. The molecule has 15 nitrogen and oxygen atoms in total. The molecule has 4 amide bonds. The fourth-order valence-electron chi connectivity index (χ4n) is 4.56. The summed E-state index contributed by atoms with van der Waals surface area (Å²) in [4.78, 5) is 123. The number of likely N-dealkylation sites (N-methyl/N-ethyl adjacent to an activating group) is 1. The van der Waals surface area contributed by atoms with Gasteiger partial charge in [-0.2, -0.15) is 0 Å². The number of ketones is 6. The first kappa shape index (κ1) is 42.9. The van der Waals surface area contributed by atoms with Crippen molar-refractivity contribution in [3.05, 3.63) is 0 Å². The van der Waals surface area contributed by atoms with Crippen molar-refractivity contribution in [1.82, 2.24) is 26.6 Å². The van der Waals surface area contributed by atoms with Crippen LogP contribution >= 0.6 is 0 Å². The molecule has 0 fully saturated rings. The SMILES string of the molecule is CNC(CCC(C)=O)C(=O)NC(CCC(C)=O)C(=O)NC(CC(C)=O)CC(=O)NC(CCC(C)=O)C(=O)NC(CCC(C)=O)C(C)=O. The van der Waals surface area contributed by atoms with Gasteiger partial charge in [0.2, 0.25) is 23.6 Å². The predicted molar refractivity (Wildman–Crippen MR) is 171 cm³/mol. The molecule has 0 bridgehead atoms. The average Bonchev–Trinajstić information content (AvgIpc) is 2.94. The van der Waals surface area contributed by atoms with Crippen molar-refractivity contribution >= 4 is 58.3 Å². The molecule has 0 spiro atoms. The highest BCUT2D eigenvalue weighted by atomic mass is 16.2. The van der Waals surface area contributed by atoms with E-state index in [1.54, 1.807) is 0 Å². The van der Waals surface area contributed by atoms with Crippen molar-refractivity contribution in [3.63, 3.8) is 0 Å². The van der Waals surface area contributed by atoms with Crippen LogP contribution in [0.1, 0.15) is 106 Å². The smallest absolute Gasteiger partial charge is 0.243 e. The molecule has 0 saturated heterocycles. The summed E-state index contributed by atoms with van der Waals surface area (Å²) in [6, 6.07) is -5.29. The van der Waals surface area contributed by atoms with Crippen LogP contribution < -0.4 is 26.6 Å². The van der Waals surface area contributed by atoms with Gasteiger partial charge in [-0.15, -0.1) is 0 Å². The zero-order valence-corrected chi connectivity index (χ0v) is 28.5. The van der Waals surface area contributed by atoms with E-state index in [-0.39, 0.29) is 86.7 Å². The van der Waals surface area contributed by atoms with Crippen LogP contribution in [0.15, 0.2) is 0 Å².